The summed E-state index contributed by atoms with van der Waals surface area (Å²) in [5, 5.41) is 10.4. The van der Waals surface area contributed by atoms with Crippen molar-refractivity contribution in [1.29, 1.82) is 0 Å². The first-order chi connectivity index (χ1) is 11.0. The number of benzene rings is 1. The van der Waals surface area contributed by atoms with Gasteiger partial charge in [-0.25, -0.2) is 13.1 Å². The lowest BCUT2D eigenvalue weighted by atomic mass is 10.3. The summed E-state index contributed by atoms with van der Waals surface area (Å²) in [4.78, 5) is 0.202. The first-order valence-electron chi connectivity index (χ1n) is 6.68. The summed E-state index contributed by atoms with van der Waals surface area (Å²) >= 11 is 2.11. The Kier molecular flexibility index (Phi) is 6.52. The molecule has 0 unspecified atom stereocenters. The molecule has 23 heavy (non-hydrogen) atoms. The quantitative estimate of drug-likeness (QED) is 0.363. The lowest BCUT2D eigenvalue weighted by molar-refractivity contribution is 0.123. The van der Waals surface area contributed by atoms with E-state index in [1.165, 1.54) is 0 Å². The van der Waals surface area contributed by atoms with Crippen LogP contribution in [-0.2, 0) is 27.9 Å². The molecule has 2 aromatic rings. The first kappa shape index (κ1) is 17.9. The normalized spacial score (nSPS) is 11.3. The molecule has 2 rings (SSSR count). The number of hydrogen-bond donors (Lipinski definition) is 2. The standard InChI is InChI=1S/C14H15IN4O3S/c1-2-3-8-22-10-14-13(17-19-18-14)9-16-23(20,21)12-6-4-11(15)5-7-12/h1,4-7,16H,3,8-10H2,(H,17,18,19). The molecule has 0 atom stereocenters. The van der Waals surface area contributed by atoms with Gasteiger partial charge in [0.25, 0.3) is 0 Å². The topological polar surface area (TPSA) is 97.0 Å². The summed E-state index contributed by atoms with van der Waals surface area (Å²) in [5.74, 6) is 2.47. The number of aromatic amines is 1. The zero-order valence-electron chi connectivity index (χ0n) is 12.1. The second-order valence-corrected chi connectivity index (χ2v) is 7.51. The van der Waals surface area contributed by atoms with Crippen molar-refractivity contribution in [3.8, 4) is 12.3 Å². The van der Waals surface area contributed by atoms with Gasteiger partial charge in [0.2, 0.25) is 10.0 Å². The van der Waals surface area contributed by atoms with Crippen LogP contribution in [0.3, 0.4) is 0 Å². The van der Waals surface area contributed by atoms with Crippen LogP contribution in [0.4, 0.5) is 0 Å². The third kappa shape index (κ3) is 5.28. The number of nitrogens with one attached hydrogen (secondary N) is 2. The molecule has 0 fully saturated rings. The first-order valence-corrected chi connectivity index (χ1v) is 9.24. The fourth-order valence-electron chi connectivity index (χ4n) is 1.69. The molecule has 1 heterocycles. The molecule has 0 aliphatic heterocycles. The van der Waals surface area contributed by atoms with Crippen molar-refractivity contribution in [1.82, 2.24) is 20.1 Å². The van der Waals surface area contributed by atoms with Crippen molar-refractivity contribution < 1.29 is 13.2 Å². The van der Waals surface area contributed by atoms with Gasteiger partial charge in [-0.3, -0.25) is 0 Å². The Balaban J connectivity index is 1.97. The van der Waals surface area contributed by atoms with Crippen LogP contribution in [0.5, 0.6) is 0 Å². The van der Waals surface area contributed by atoms with E-state index in [0.717, 1.165) is 3.57 Å². The number of aromatic nitrogens is 3. The van der Waals surface area contributed by atoms with Gasteiger partial charge < -0.3 is 4.74 Å². The van der Waals surface area contributed by atoms with Crippen molar-refractivity contribution >= 4 is 32.6 Å². The van der Waals surface area contributed by atoms with E-state index < -0.39 is 10.0 Å². The average molecular weight is 446 g/mol. The van der Waals surface area contributed by atoms with E-state index in [1.54, 1.807) is 24.3 Å². The monoisotopic (exact) mass is 446 g/mol. The van der Waals surface area contributed by atoms with Gasteiger partial charge in [-0.1, -0.05) is 0 Å². The van der Waals surface area contributed by atoms with Crippen LogP contribution in [0.25, 0.3) is 0 Å². The van der Waals surface area contributed by atoms with Gasteiger partial charge >= 0.3 is 0 Å². The lowest BCUT2D eigenvalue weighted by Gasteiger charge is -2.06. The fourth-order valence-corrected chi connectivity index (χ4v) is 3.04. The SMILES string of the molecule is C#CCCOCc1n[nH]nc1CNS(=O)(=O)c1ccc(I)cc1. The van der Waals surface area contributed by atoms with E-state index in [-0.39, 0.29) is 18.0 Å². The van der Waals surface area contributed by atoms with Gasteiger partial charge in [0.05, 0.1) is 24.7 Å². The Morgan fingerprint density at radius 1 is 1.26 bits per heavy atom. The Morgan fingerprint density at radius 2 is 1.96 bits per heavy atom. The summed E-state index contributed by atoms with van der Waals surface area (Å²) in [6, 6.07) is 6.57. The molecule has 0 aliphatic rings. The molecule has 122 valence electrons. The van der Waals surface area contributed by atoms with Gasteiger partial charge in [-0.15, -0.1) is 12.3 Å². The maximum absolute atomic E-state index is 12.2. The van der Waals surface area contributed by atoms with Gasteiger partial charge in [0.15, 0.2) is 0 Å². The number of hydrogen-bond acceptors (Lipinski definition) is 5. The predicted octanol–water partition coefficient (Wildman–Crippen LogP) is 1.43. The highest BCUT2D eigenvalue weighted by Crippen LogP contribution is 2.13. The molecule has 1 aromatic heterocycles. The zero-order valence-corrected chi connectivity index (χ0v) is 15.1. The van der Waals surface area contributed by atoms with Crippen molar-refractivity contribution in [2.45, 2.75) is 24.5 Å². The number of rotatable bonds is 8. The maximum Gasteiger partial charge on any atom is 0.240 e. The maximum atomic E-state index is 12.2. The minimum Gasteiger partial charge on any atom is -0.374 e. The van der Waals surface area contributed by atoms with Crippen LogP contribution >= 0.6 is 22.6 Å². The average Bonchev–Trinajstić information content (AvgIpc) is 2.98. The predicted molar refractivity (Wildman–Crippen MR) is 92.7 cm³/mol. The third-order valence-corrected chi connectivity index (χ3v) is 5.02. The van der Waals surface area contributed by atoms with E-state index in [0.29, 0.717) is 24.4 Å². The van der Waals surface area contributed by atoms with Crippen LogP contribution in [-0.4, -0.2) is 30.4 Å². The fraction of sp³-hybridized carbons (Fsp3) is 0.286. The Hall–Kier alpha value is -1.48. The molecule has 0 aliphatic carbocycles. The Morgan fingerprint density at radius 3 is 2.65 bits per heavy atom. The largest absolute Gasteiger partial charge is 0.374 e. The zero-order chi connectivity index (χ0) is 16.7. The van der Waals surface area contributed by atoms with E-state index in [9.17, 15) is 8.42 Å². The van der Waals surface area contributed by atoms with Gasteiger partial charge in [-0.05, 0) is 46.9 Å². The molecule has 0 saturated heterocycles. The molecule has 0 spiro atoms. The lowest BCUT2D eigenvalue weighted by Crippen LogP contribution is -2.24. The van der Waals surface area contributed by atoms with Crippen LogP contribution in [0.1, 0.15) is 17.8 Å². The Labute approximate surface area is 148 Å². The molecule has 0 radical (unpaired) electrons. The van der Waals surface area contributed by atoms with E-state index in [1.807, 2.05) is 0 Å². The smallest absolute Gasteiger partial charge is 0.240 e. The van der Waals surface area contributed by atoms with Crippen molar-refractivity contribution in [3.63, 3.8) is 0 Å². The second kappa shape index (κ2) is 8.39. The molecule has 7 nitrogen and oxygen atoms in total. The minimum absolute atomic E-state index is 0.0264. The number of sulfonamides is 1. The van der Waals surface area contributed by atoms with Crippen LogP contribution < -0.4 is 4.72 Å². The van der Waals surface area contributed by atoms with Crippen LogP contribution in [0, 0.1) is 15.9 Å². The number of nitrogens with zero attached hydrogens (tertiary/aromatic N) is 2. The minimum atomic E-state index is -3.60. The van der Waals surface area contributed by atoms with Crippen molar-refractivity contribution in [2.75, 3.05) is 6.61 Å². The summed E-state index contributed by atoms with van der Waals surface area (Å²) in [6.07, 6.45) is 5.64. The molecule has 0 bridgehead atoms. The molecule has 0 saturated carbocycles. The van der Waals surface area contributed by atoms with Crippen LogP contribution in [0.2, 0.25) is 0 Å². The Bertz CT molecular complexity index is 781. The highest BCUT2D eigenvalue weighted by atomic mass is 127. The summed E-state index contributed by atoms with van der Waals surface area (Å²) in [6.45, 7) is 0.661. The molecular weight excluding hydrogens is 431 g/mol. The molecule has 2 N–H and O–H groups in total. The van der Waals surface area contributed by atoms with Crippen molar-refractivity contribution in [3.05, 3.63) is 39.2 Å². The summed E-state index contributed by atoms with van der Waals surface area (Å²) in [5.41, 5.74) is 1.03. The number of H-pyrrole nitrogens is 1. The third-order valence-electron chi connectivity index (χ3n) is 2.89. The van der Waals surface area contributed by atoms with Gasteiger partial charge in [0, 0.05) is 9.99 Å². The second-order valence-electron chi connectivity index (χ2n) is 4.50. The van der Waals surface area contributed by atoms with Crippen molar-refractivity contribution in [2.24, 2.45) is 0 Å². The summed E-state index contributed by atoms with van der Waals surface area (Å²) < 4.78 is 33.3. The summed E-state index contributed by atoms with van der Waals surface area (Å²) in [7, 11) is -3.60. The van der Waals surface area contributed by atoms with E-state index in [4.69, 9.17) is 11.2 Å². The molecule has 9 heteroatoms. The van der Waals surface area contributed by atoms with E-state index in [2.05, 4.69) is 48.6 Å². The van der Waals surface area contributed by atoms with Gasteiger partial charge in [-0.2, -0.15) is 15.4 Å². The number of halogens is 1. The molecular formula is C14H15IN4O3S. The highest BCUT2D eigenvalue weighted by molar-refractivity contribution is 14.1. The van der Waals surface area contributed by atoms with E-state index >= 15 is 0 Å². The highest BCUT2D eigenvalue weighted by Gasteiger charge is 2.16. The van der Waals surface area contributed by atoms with Gasteiger partial charge in [0.1, 0.15) is 11.4 Å². The molecule has 1 aromatic carbocycles. The number of ether oxygens (including phenoxy) is 1. The molecule has 0 amide bonds. The van der Waals surface area contributed by atoms with Crippen LogP contribution in [0.15, 0.2) is 29.2 Å². The number of terminal acetylenes is 1.